The highest BCUT2D eigenvalue weighted by atomic mass is 16.5. The van der Waals surface area contributed by atoms with E-state index in [1.807, 2.05) is 38.1 Å². The van der Waals surface area contributed by atoms with Gasteiger partial charge in [0.2, 0.25) is 0 Å². The molecule has 0 atom stereocenters. The van der Waals surface area contributed by atoms with E-state index in [1.54, 1.807) is 18.2 Å². The molecule has 5 nitrogen and oxygen atoms in total. The maximum atomic E-state index is 12.5. The predicted molar refractivity (Wildman–Crippen MR) is 118 cm³/mol. The summed E-state index contributed by atoms with van der Waals surface area (Å²) in [6, 6.07) is 17.1. The largest absolute Gasteiger partial charge is 0.457 e. The Morgan fingerprint density at radius 2 is 1.79 bits per heavy atom. The lowest BCUT2D eigenvalue weighted by Crippen LogP contribution is -2.15. The second kappa shape index (κ2) is 8.78. The molecule has 1 aromatic heterocycles. The first-order valence-electron chi connectivity index (χ1n) is 9.73. The average molecular weight is 389 g/mol. The molecular weight excluding hydrogens is 362 g/mol. The molecule has 150 valence electrons. The van der Waals surface area contributed by atoms with Gasteiger partial charge in [0.05, 0.1) is 5.56 Å². The topological polar surface area (TPSA) is 77.2 Å². The molecule has 29 heavy (non-hydrogen) atoms. The van der Waals surface area contributed by atoms with Gasteiger partial charge in [-0.2, -0.15) is 0 Å². The normalized spacial score (nSPS) is 10.8. The molecule has 2 aromatic carbocycles. The van der Waals surface area contributed by atoms with Gasteiger partial charge in [-0.25, -0.2) is 4.98 Å². The lowest BCUT2D eigenvalue weighted by Gasteiger charge is -2.11. The number of nitrogens with zero attached hydrogens (tertiary/aromatic N) is 1. The summed E-state index contributed by atoms with van der Waals surface area (Å²) in [4.78, 5) is 16.8. The molecule has 0 spiro atoms. The van der Waals surface area contributed by atoms with Crippen LogP contribution in [0.5, 0.6) is 11.5 Å². The van der Waals surface area contributed by atoms with Crippen molar-refractivity contribution in [3.63, 3.8) is 0 Å². The number of hydrogen-bond donors (Lipinski definition) is 2. The first-order chi connectivity index (χ1) is 13.8. The van der Waals surface area contributed by atoms with E-state index in [1.165, 1.54) is 5.56 Å². The standard InChI is InChI=1S/C24H27N3O2/c1-15(2)12-18-6-5-7-21(14-18)29-20-10-8-19(9-11-20)27-24(28)22-13-16(3)17(4)26-23(22)25/h5-11,13-15H,12H2,1-4H3,(H2,25,26)(H,27,28). The molecular formula is C24H27N3O2. The number of anilines is 2. The minimum absolute atomic E-state index is 0.229. The first kappa shape index (κ1) is 20.4. The number of rotatable bonds is 6. The molecule has 3 N–H and O–H groups in total. The highest BCUT2D eigenvalue weighted by molar-refractivity contribution is 6.07. The highest BCUT2D eigenvalue weighted by Gasteiger charge is 2.13. The second-order valence-corrected chi connectivity index (χ2v) is 7.65. The lowest BCUT2D eigenvalue weighted by atomic mass is 10.0. The molecule has 1 heterocycles. The molecule has 0 saturated carbocycles. The van der Waals surface area contributed by atoms with Gasteiger partial charge in [0.1, 0.15) is 17.3 Å². The summed E-state index contributed by atoms with van der Waals surface area (Å²) in [6.07, 6.45) is 1.01. The number of pyridine rings is 1. The molecule has 0 aliphatic carbocycles. The number of nitrogen functional groups attached to an aromatic ring is 1. The first-order valence-corrected chi connectivity index (χ1v) is 9.73. The van der Waals surface area contributed by atoms with Crippen LogP contribution in [0, 0.1) is 19.8 Å². The number of nitrogens with one attached hydrogen (secondary N) is 1. The summed E-state index contributed by atoms with van der Waals surface area (Å²) in [7, 11) is 0. The fourth-order valence-electron chi connectivity index (χ4n) is 3.05. The van der Waals surface area contributed by atoms with Crippen molar-refractivity contribution in [2.45, 2.75) is 34.1 Å². The van der Waals surface area contributed by atoms with Crippen molar-refractivity contribution in [3.05, 3.63) is 77.0 Å². The fourth-order valence-corrected chi connectivity index (χ4v) is 3.05. The van der Waals surface area contributed by atoms with Crippen molar-refractivity contribution in [2.75, 3.05) is 11.1 Å². The summed E-state index contributed by atoms with van der Waals surface area (Å²) in [6.45, 7) is 8.16. The Morgan fingerprint density at radius 1 is 1.07 bits per heavy atom. The van der Waals surface area contributed by atoms with Gasteiger partial charge in [0.25, 0.3) is 5.91 Å². The van der Waals surface area contributed by atoms with E-state index in [-0.39, 0.29) is 11.7 Å². The van der Waals surface area contributed by atoms with Crippen LogP contribution < -0.4 is 15.8 Å². The number of carbonyl (C=O) groups is 1. The zero-order chi connectivity index (χ0) is 21.0. The molecule has 3 rings (SSSR count). The third-order valence-corrected chi connectivity index (χ3v) is 4.63. The minimum atomic E-state index is -0.284. The Morgan fingerprint density at radius 3 is 2.48 bits per heavy atom. The second-order valence-electron chi connectivity index (χ2n) is 7.65. The molecule has 1 amide bonds. The number of aromatic nitrogens is 1. The number of amides is 1. The summed E-state index contributed by atoms with van der Waals surface area (Å²) in [5.74, 6) is 2.04. The van der Waals surface area contributed by atoms with Crippen LogP contribution in [-0.4, -0.2) is 10.9 Å². The van der Waals surface area contributed by atoms with Crippen molar-refractivity contribution in [2.24, 2.45) is 5.92 Å². The van der Waals surface area contributed by atoms with E-state index < -0.39 is 0 Å². The number of hydrogen-bond acceptors (Lipinski definition) is 4. The number of nitrogens with two attached hydrogens (primary N) is 1. The molecule has 0 fully saturated rings. The Balaban J connectivity index is 1.68. The highest BCUT2D eigenvalue weighted by Crippen LogP contribution is 2.25. The number of benzene rings is 2. The van der Waals surface area contributed by atoms with Gasteiger partial charge in [-0.15, -0.1) is 0 Å². The van der Waals surface area contributed by atoms with Crippen LogP contribution in [0.1, 0.15) is 41.0 Å². The number of aryl methyl sites for hydroxylation is 2. The minimum Gasteiger partial charge on any atom is -0.457 e. The quantitative estimate of drug-likeness (QED) is 0.581. The molecule has 0 unspecified atom stereocenters. The average Bonchev–Trinajstić information content (AvgIpc) is 2.66. The summed E-state index contributed by atoms with van der Waals surface area (Å²) >= 11 is 0. The third-order valence-electron chi connectivity index (χ3n) is 4.63. The number of ether oxygens (including phenoxy) is 1. The van der Waals surface area contributed by atoms with Gasteiger partial charge in [0.15, 0.2) is 0 Å². The smallest absolute Gasteiger partial charge is 0.259 e. The van der Waals surface area contributed by atoms with Crippen LogP contribution >= 0.6 is 0 Å². The summed E-state index contributed by atoms with van der Waals surface area (Å²) < 4.78 is 5.95. The van der Waals surface area contributed by atoms with Crippen LogP contribution in [0.25, 0.3) is 0 Å². The number of carbonyl (C=O) groups excluding carboxylic acids is 1. The predicted octanol–water partition coefficient (Wildman–Crippen LogP) is 5.52. The summed E-state index contributed by atoms with van der Waals surface area (Å²) in [5, 5.41) is 2.85. The monoisotopic (exact) mass is 389 g/mol. The van der Waals surface area contributed by atoms with Gasteiger partial charge >= 0.3 is 0 Å². The van der Waals surface area contributed by atoms with Gasteiger partial charge in [-0.1, -0.05) is 26.0 Å². The Hall–Kier alpha value is -3.34. The van der Waals surface area contributed by atoms with E-state index in [0.29, 0.717) is 22.9 Å². The maximum Gasteiger partial charge on any atom is 0.259 e. The third kappa shape index (κ3) is 5.35. The fraction of sp³-hybridized carbons (Fsp3) is 0.250. The van der Waals surface area contributed by atoms with Crippen LogP contribution in [0.2, 0.25) is 0 Å². The Labute approximate surface area is 171 Å². The lowest BCUT2D eigenvalue weighted by molar-refractivity contribution is 0.102. The summed E-state index contributed by atoms with van der Waals surface area (Å²) in [5.41, 5.74) is 9.93. The van der Waals surface area contributed by atoms with E-state index in [9.17, 15) is 4.79 Å². The maximum absolute atomic E-state index is 12.5. The Kier molecular flexibility index (Phi) is 6.17. The van der Waals surface area contributed by atoms with E-state index in [0.717, 1.165) is 23.4 Å². The van der Waals surface area contributed by atoms with Crippen molar-refractivity contribution in [1.82, 2.24) is 4.98 Å². The van der Waals surface area contributed by atoms with E-state index in [2.05, 4.69) is 36.3 Å². The molecule has 0 aliphatic heterocycles. The van der Waals surface area contributed by atoms with Crippen molar-refractivity contribution in [1.29, 1.82) is 0 Å². The molecule has 3 aromatic rings. The van der Waals surface area contributed by atoms with Crippen LogP contribution in [0.4, 0.5) is 11.5 Å². The van der Waals surface area contributed by atoms with E-state index in [4.69, 9.17) is 10.5 Å². The van der Waals surface area contributed by atoms with Crippen molar-refractivity contribution < 1.29 is 9.53 Å². The van der Waals surface area contributed by atoms with Gasteiger partial charge in [-0.3, -0.25) is 4.79 Å². The van der Waals surface area contributed by atoms with Gasteiger partial charge in [-0.05, 0) is 79.8 Å². The Bertz CT molecular complexity index is 1010. The zero-order valence-corrected chi connectivity index (χ0v) is 17.3. The zero-order valence-electron chi connectivity index (χ0n) is 17.3. The van der Waals surface area contributed by atoms with Crippen molar-refractivity contribution in [3.8, 4) is 11.5 Å². The molecule has 5 heteroatoms. The van der Waals surface area contributed by atoms with Crippen LogP contribution in [0.3, 0.4) is 0 Å². The SMILES string of the molecule is Cc1cc(C(=O)Nc2ccc(Oc3cccc(CC(C)C)c3)cc2)c(N)nc1C. The molecule has 0 radical (unpaired) electrons. The molecule has 0 aliphatic rings. The molecule has 0 bridgehead atoms. The van der Waals surface area contributed by atoms with E-state index >= 15 is 0 Å². The van der Waals surface area contributed by atoms with Crippen LogP contribution in [0.15, 0.2) is 54.6 Å². The molecule has 0 saturated heterocycles. The van der Waals surface area contributed by atoms with Gasteiger partial charge < -0.3 is 15.8 Å². The van der Waals surface area contributed by atoms with Crippen LogP contribution in [-0.2, 0) is 6.42 Å². The van der Waals surface area contributed by atoms with Crippen molar-refractivity contribution >= 4 is 17.4 Å². The van der Waals surface area contributed by atoms with Gasteiger partial charge in [0, 0.05) is 11.4 Å².